The Morgan fingerprint density at radius 3 is 2.55 bits per heavy atom. The van der Waals surface area contributed by atoms with Crippen LogP contribution >= 0.6 is 0 Å². The summed E-state index contributed by atoms with van der Waals surface area (Å²) in [5.74, 6) is 0.386. The molecule has 4 rings (SSSR count). The Balaban J connectivity index is 1.29. The van der Waals surface area contributed by atoms with Crippen LogP contribution in [0, 0.1) is 5.92 Å². The second kappa shape index (κ2) is 12.5. The average molecular weight is 554 g/mol. The van der Waals surface area contributed by atoms with E-state index in [-0.39, 0.29) is 11.4 Å². The van der Waals surface area contributed by atoms with Gasteiger partial charge in [-0.1, -0.05) is 46.8 Å². The number of aromatic nitrogens is 3. The van der Waals surface area contributed by atoms with Gasteiger partial charge in [0.2, 0.25) is 0 Å². The monoisotopic (exact) mass is 553 g/mol. The maximum atomic E-state index is 12.4. The van der Waals surface area contributed by atoms with Crippen LogP contribution in [0.4, 0.5) is 16.2 Å². The van der Waals surface area contributed by atoms with Gasteiger partial charge in [-0.25, -0.2) is 14.8 Å². The third kappa shape index (κ3) is 7.08. The number of aliphatic hydroxyl groups is 2. The molecule has 218 valence electrons. The van der Waals surface area contributed by atoms with E-state index in [0.717, 1.165) is 12.2 Å². The SMILES string of the molecule is CC(C)CN(CCCNC(=O)Nc1ccc(C(C)(C)C)cc1)C[C@H]1O[C@@H](n2cnc3c(N)ccnc32)[C@H](O)[C@@H]1O. The normalized spacial score (nSPS) is 21.4. The molecule has 3 heterocycles. The summed E-state index contributed by atoms with van der Waals surface area (Å²) in [6.07, 6.45) is 0.159. The predicted octanol–water partition coefficient (Wildman–Crippen LogP) is 3.10. The maximum absolute atomic E-state index is 12.4. The van der Waals surface area contributed by atoms with Gasteiger partial charge in [-0.2, -0.15) is 0 Å². The van der Waals surface area contributed by atoms with Crippen molar-refractivity contribution in [2.24, 2.45) is 5.92 Å². The number of urea groups is 1. The van der Waals surface area contributed by atoms with E-state index in [1.807, 2.05) is 24.3 Å². The van der Waals surface area contributed by atoms with Crippen LogP contribution in [0.1, 0.15) is 52.8 Å². The van der Waals surface area contributed by atoms with E-state index in [4.69, 9.17) is 10.5 Å². The van der Waals surface area contributed by atoms with E-state index in [2.05, 4.69) is 60.1 Å². The van der Waals surface area contributed by atoms with Crippen LogP contribution in [0.25, 0.3) is 11.2 Å². The summed E-state index contributed by atoms with van der Waals surface area (Å²) < 4.78 is 7.77. The van der Waals surface area contributed by atoms with Gasteiger partial charge in [0.1, 0.15) is 23.8 Å². The molecule has 2 aromatic heterocycles. The van der Waals surface area contributed by atoms with Gasteiger partial charge in [0.15, 0.2) is 11.9 Å². The van der Waals surface area contributed by atoms with Crippen LogP contribution in [0.2, 0.25) is 0 Å². The highest BCUT2D eigenvalue weighted by atomic mass is 16.6. The second-order valence-electron chi connectivity index (χ2n) is 12.0. The van der Waals surface area contributed by atoms with Crippen LogP contribution in [0.15, 0.2) is 42.9 Å². The Hall–Kier alpha value is -3.25. The lowest BCUT2D eigenvalue weighted by molar-refractivity contribution is -0.0449. The largest absolute Gasteiger partial charge is 0.397 e. The summed E-state index contributed by atoms with van der Waals surface area (Å²) in [5.41, 5.74) is 9.51. The van der Waals surface area contributed by atoms with Crippen molar-refractivity contribution in [1.82, 2.24) is 24.8 Å². The molecule has 1 aliphatic heterocycles. The van der Waals surface area contributed by atoms with Gasteiger partial charge in [-0.15, -0.1) is 0 Å². The molecular weight excluding hydrogens is 510 g/mol. The van der Waals surface area contributed by atoms with E-state index < -0.39 is 24.5 Å². The molecular formula is C29H43N7O4. The number of aliphatic hydroxyl groups excluding tert-OH is 2. The van der Waals surface area contributed by atoms with Crippen molar-refractivity contribution in [3.63, 3.8) is 0 Å². The molecule has 4 atom stereocenters. The number of nitrogens with zero attached hydrogens (tertiary/aromatic N) is 4. The fraction of sp³-hybridized carbons (Fsp3) is 0.552. The first-order chi connectivity index (χ1) is 18.9. The molecule has 1 aliphatic rings. The summed E-state index contributed by atoms with van der Waals surface area (Å²) in [7, 11) is 0. The van der Waals surface area contributed by atoms with Crippen LogP contribution in [-0.2, 0) is 10.2 Å². The smallest absolute Gasteiger partial charge is 0.319 e. The predicted molar refractivity (Wildman–Crippen MR) is 156 cm³/mol. The molecule has 0 unspecified atom stereocenters. The Morgan fingerprint density at radius 2 is 1.88 bits per heavy atom. The number of rotatable bonds is 10. The van der Waals surface area contributed by atoms with Crippen molar-refractivity contribution in [2.45, 2.75) is 71.0 Å². The number of hydrogen-bond donors (Lipinski definition) is 5. The molecule has 0 saturated carbocycles. The van der Waals surface area contributed by atoms with E-state index in [9.17, 15) is 15.0 Å². The Morgan fingerprint density at radius 1 is 1.15 bits per heavy atom. The first-order valence-electron chi connectivity index (χ1n) is 13.9. The number of amides is 2. The fourth-order valence-electron chi connectivity index (χ4n) is 5.01. The molecule has 0 bridgehead atoms. The van der Waals surface area contributed by atoms with E-state index in [1.165, 1.54) is 11.9 Å². The highest BCUT2D eigenvalue weighted by Gasteiger charge is 2.44. The number of hydrogen-bond acceptors (Lipinski definition) is 8. The molecule has 6 N–H and O–H groups in total. The highest BCUT2D eigenvalue weighted by molar-refractivity contribution is 5.89. The zero-order chi connectivity index (χ0) is 29.0. The van der Waals surface area contributed by atoms with Crippen LogP contribution in [0.5, 0.6) is 0 Å². The van der Waals surface area contributed by atoms with Gasteiger partial charge in [0, 0.05) is 31.5 Å². The molecule has 1 fully saturated rings. The zero-order valence-electron chi connectivity index (χ0n) is 24.0. The minimum absolute atomic E-state index is 0.0564. The Labute approximate surface area is 235 Å². The van der Waals surface area contributed by atoms with Crippen molar-refractivity contribution in [1.29, 1.82) is 0 Å². The third-order valence-corrected chi connectivity index (χ3v) is 7.11. The maximum Gasteiger partial charge on any atom is 0.319 e. The first-order valence-corrected chi connectivity index (χ1v) is 13.9. The van der Waals surface area contributed by atoms with Gasteiger partial charge < -0.3 is 36.2 Å². The van der Waals surface area contributed by atoms with Crippen molar-refractivity contribution in [3.8, 4) is 0 Å². The number of anilines is 2. The zero-order valence-corrected chi connectivity index (χ0v) is 24.0. The number of carbonyl (C=O) groups is 1. The van der Waals surface area contributed by atoms with Gasteiger partial charge >= 0.3 is 6.03 Å². The standard InChI is InChI=1S/C29H43N7O4/c1-18(2)15-35(14-6-12-32-28(39)34-20-9-7-19(8-10-20)29(3,4)5)16-22-24(37)25(38)27(40-22)36-17-33-23-21(30)11-13-31-26(23)36/h7-11,13,17-18,22,24-25,27,37-38H,6,12,14-16H2,1-5H3,(H2,30,31)(H2,32,34,39)/t22-,24-,25-,27-/m1/s1. The van der Waals surface area contributed by atoms with E-state index in [0.29, 0.717) is 48.8 Å². The number of pyridine rings is 1. The van der Waals surface area contributed by atoms with Gasteiger partial charge in [-0.3, -0.25) is 4.57 Å². The lowest BCUT2D eigenvalue weighted by Crippen LogP contribution is -2.42. The van der Waals surface area contributed by atoms with Crippen molar-refractivity contribution >= 4 is 28.6 Å². The van der Waals surface area contributed by atoms with Gasteiger partial charge in [-0.05, 0) is 48.1 Å². The molecule has 40 heavy (non-hydrogen) atoms. The lowest BCUT2D eigenvalue weighted by atomic mass is 9.87. The first kappa shape index (κ1) is 29.7. The molecule has 2 amide bonds. The molecule has 11 nitrogen and oxygen atoms in total. The van der Waals surface area contributed by atoms with Crippen LogP contribution < -0.4 is 16.4 Å². The van der Waals surface area contributed by atoms with E-state index in [1.54, 1.807) is 16.8 Å². The number of fused-ring (bicyclic) bond motifs is 1. The number of nitrogens with two attached hydrogens (primary N) is 1. The molecule has 11 heteroatoms. The lowest BCUT2D eigenvalue weighted by Gasteiger charge is -2.28. The summed E-state index contributed by atoms with van der Waals surface area (Å²) in [5, 5.41) is 27.5. The average Bonchev–Trinajstić information content (AvgIpc) is 3.43. The molecule has 1 aromatic carbocycles. The number of imidazole rings is 1. The third-order valence-electron chi connectivity index (χ3n) is 7.11. The number of nitrogen functional groups attached to an aromatic ring is 1. The Bertz CT molecular complexity index is 1270. The molecule has 0 spiro atoms. The van der Waals surface area contributed by atoms with Crippen molar-refractivity contribution in [2.75, 3.05) is 37.2 Å². The van der Waals surface area contributed by atoms with Crippen LogP contribution in [0.3, 0.4) is 0 Å². The quantitative estimate of drug-likeness (QED) is 0.240. The van der Waals surface area contributed by atoms with Crippen molar-refractivity contribution in [3.05, 3.63) is 48.4 Å². The number of nitrogens with one attached hydrogen (secondary N) is 2. The topological polar surface area (TPSA) is 151 Å². The fourth-order valence-corrected chi connectivity index (χ4v) is 5.01. The van der Waals surface area contributed by atoms with Crippen LogP contribution in [-0.4, -0.2) is 80.2 Å². The summed E-state index contributed by atoms with van der Waals surface area (Å²) in [6.45, 7) is 13.1. The molecule has 0 aliphatic carbocycles. The summed E-state index contributed by atoms with van der Waals surface area (Å²) in [4.78, 5) is 23.2. The van der Waals surface area contributed by atoms with Gasteiger partial charge in [0.25, 0.3) is 0 Å². The highest BCUT2D eigenvalue weighted by Crippen LogP contribution is 2.32. The Kier molecular flexibility index (Phi) is 9.29. The second-order valence-corrected chi connectivity index (χ2v) is 12.0. The van der Waals surface area contributed by atoms with Crippen molar-refractivity contribution < 1.29 is 19.7 Å². The van der Waals surface area contributed by atoms with E-state index >= 15 is 0 Å². The minimum atomic E-state index is -1.14. The molecule has 0 radical (unpaired) electrons. The number of benzene rings is 1. The number of ether oxygens (including phenoxy) is 1. The summed E-state index contributed by atoms with van der Waals surface area (Å²) >= 11 is 0. The number of carbonyl (C=O) groups excluding carboxylic acids is 1. The molecule has 3 aromatic rings. The minimum Gasteiger partial charge on any atom is -0.397 e. The summed E-state index contributed by atoms with van der Waals surface area (Å²) in [6, 6.07) is 9.30. The molecule has 1 saturated heterocycles. The van der Waals surface area contributed by atoms with Gasteiger partial charge in [0.05, 0.1) is 12.0 Å².